The molecule has 0 atom stereocenters. The maximum absolute atomic E-state index is 7.21. The molecule has 1 heterocycles. The van der Waals surface area contributed by atoms with Gasteiger partial charge < -0.3 is 4.42 Å². The van der Waals surface area contributed by atoms with Crippen molar-refractivity contribution in [3.05, 3.63) is 265 Å². The van der Waals surface area contributed by atoms with Crippen LogP contribution in [-0.4, -0.2) is 0 Å². The van der Waals surface area contributed by atoms with Gasteiger partial charge in [0.15, 0.2) is 0 Å². The highest BCUT2D eigenvalue weighted by molar-refractivity contribution is 6.25. The Hall–Kier alpha value is -9.30. The van der Waals surface area contributed by atoms with Gasteiger partial charge in [0.2, 0.25) is 0 Å². The highest BCUT2D eigenvalue weighted by Crippen LogP contribution is 2.64. The van der Waals surface area contributed by atoms with Crippen molar-refractivity contribution in [2.24, 2.45) is 0 Å². The first-order valence-electron chi connectivity index (χ1n) is 27.2. The Morgan fingerprint density at radius 3 is 1.09 bits per heavy atom. The quantitative estimate of drug-likeness (QED) is 0.157. The molecular formula is C76H52O. The lowest BCUT2D eigenvalue weighted by molar-refractivity contribution is 0.600. The van der Waals surface area contributed by atoms with Crippen LogP contribution in [0.1, 0.15) is 49.9 Å². The molecule has 0 aliphatic heterocycles. The molecule has 13 aromatic carbocycles. The average Bonchev–Trinajstić information content (AvgIpc) is 4.18. The Bertz CT molecular complexity index is 4720. The number of benzene rings is 13. The molecule has 1 heteroatoms. The molecule has 1 nitrogen and oxygen atoms in total. The van der Waals surface area contributed by atoms with Gasteiger partial charge in [0.05, 0.1) is 0 Å². The summed E-state index contributed by atoms with van der Waals surface area (Å²) >= 11 is 0. The lowest BCUT2D eigenvalue weighted by Crippen LogP contribution is -2.24. The fraction of sp³-hybridized carbons (Fsp3) is 0.0789. The first-order valence-corrected chi connectivity index (χ1v) is 27.2. The van der Waals surface area contributed by atoms with E-state index < -0.39 is 0 Å². The second-order valence-corrected chi connectivity index (χ2v) is 22.6. The molecule has 1 aromatic heterocycles. The molecule has 0 bridgehead atoms. The molecule has 0 spiro atoms. The Morgan fingerprint density at radius 1 is 0.260 bits per heavy atom. The standard InChI is InChI=1S/C76H52O/c1-75(2)62-43-49(68-57-34-17-15-32-55(57)66(56-33-16-18-35-58(56)68)48-27-21-26-47(42-48)45-22-7-5-8-23-45)38-40-59(62)69-70-61-36-19-20-37-64(61)77-74(70)71-60-41-39-50(44-63(60)76(3,4)73(71)72(69)75)67-53-30-13-11-28-51(53)65(46-24-9-6-10-25-46)52-29-12-14-31-54(52)67/h5-44H,1-4H3. The summed E-state index contributed by atoms with van der Waals surface area (Å²) in [5.74, 6) is 0. The van der Waals surface area contributed by atoms with Gasteiger partial charge in [-0.1, -0.05) is 246 Å². The van der Waals surface area contributed by atoms with Gasteiger partial charge in [0.25, 0.3) is 0 Å². The molecule has 14 aromatic rings. The van der Waals surface area contributed by atoms with E-state index in [0.717, 1.165) is 16.6 Å². The van der Waals surface area contributed by atoms with Crippen LogP contribution in [0.4, 0.5) is 0 Å². The minimum atomic E-state index is -0.365. The minimum absolute atomic E-state index is 0.359. The number of fused-ring (bicyclic) bond motifs is 16. The Kier molecular flexibility index (Phi) is 9.21. The molecule has 0 amide bonds. The van der Waals surface area contributed by atoms with Crippen LogP contribution in [0.5, 0.6) is 0 Å². The number of hydrogen-bond donors (Lipinski definition) is 0. The molecule has 0 radical (unpaired) electrons. The normalized spacial score (nSPS) is 13.9. The fourth-order valence-electron chi connectivity index (χ4n) is 14.5. The second-order valence-electron chi connectivity index (χ2n) is 22.6. The summed E-state index contributed by atoms with van der Waals surface area (Å²) in [7, 11) is 0. The molecule has 0 fully saturated rings. The third kappa shape index (κ3) is 6.11. The zero-order valence-electron chi connectivity index (χ0n) is 43.5. The van der Waals surface area contributed by atoms with Gasteiger partial charge in [-0.2, -0.15) is 0 Å². The van der Waals surface area contributed by atoms with Gasteiger partial charge in [-0.25, -0.2) is 0 Å². The van der Waals surface area contributed by atoms with Gasteiger partial charge in [-0.3, -0.25) is 0 Å². The zero-order chi connectivity index (χ0) is 51.3. The Morgan fingerprint density at radius 2 is 0.610 bits per heavy atom. The van der Waals surface area contributed by atoms with Crippen molar-refractivity contribution in [3.8, 4) is 77.9 Å². The number of furan rings is 1. The molecule has 0 saturated heterocycles. The molecule has 2 aliphatic rings. The van der Waals surface area contributed by atoms with Crippen LogP contribution in [0.15, 0.2) is 247 Å². The van der Waals surface area contributed by atoms with Crippen molar-refractivity contribution in [2.45, 2.75) is 38.5 Å². The summed E-state index contributed by atoms with van der Waals surface area (Å²) in [5, 5.41) is 12.5. The zero-order valence-corrected chi connectivity index (χ0v) is 43.5. The van der Waals surface area contributed by atoms with Gasteiger partial charge >= 0.3 is 0 Å². The van der Waals surface area contributed by atoms with Crippen LogP contribution in [0.25, 0.3) is 143 Å². The van der Waals surface area contributed by atoms with Crippen LogP contribution in [0.3, 0.4) is 0 Å². The molecule has 16 rings (SSSR count). The molecule has 362 valence electrons. The fourth-order valence-corrected chi connectivity index (χ4v) is 14.5. The van der Waals surface area contributed by atoms with E-state index in [-0.39, 0.29) is 10.8 Å². The number of para-hydroxylation sites is 1. The first kappa shape index (κ1) is 44.0. The molecule has 0 saturated carbocycles. The lowest BCUT2D eigenvalue weighted by atomic mass is 9.71. The SMILES string of the molecule is CC1(C)c2cc(-c3c4ccccc4c(-c4ccccc4)c4ccccc34)ccc2-c2c1c1c(c3c2oc2ccccc23)-c2ccc(-c3c4ccccc4c(-c4cccc(-c5ccccc5)c4)c4ccccc34)cc2C1(C)C. The van der Waals surface area contributed by atoms with E-state index in [0.29, 0.717) is 0 Å². The monoisotopic (exact) mass is 980 g/mol. The second kappa shape index (κ2) is 16.1. The van der Waals surface area contributed by atoms with Crippen LogP contribution in [0, 0.1) is 0 Å². The largest absolute Gasteiger partial charge is 0.455 e. The highest BCUT2D eigenvalue weighted by atomic mass is 16.3. The minimum Gasteiger partial charge on any atom is -0.455 e. The van der Waals surface area contributed by atoms with E-state index in [4.69, 9.17) is 4.42 Å². The van der Waals surface area contributed by atoms with Crippen molar-refractivity contribution in [1.29, 1.82) is 0 Å². The Balaban J connectivity index is 0.909. The van der Waals surface area contributed by atoms with E-state index >= 15 is 0 Å². The van der Waals surface area contributed by atoms with Gasteiger partial charge in [0, 0.05) is 27.2 Å². The number of rotatable bonds is 5. The van der Waals surface area contributed by atoms with E-state index in [2.05, 4.69) is 270 Å². The van der Waals surface area contributed by atoms with Crippen molar-refractivity contribution in [1.82, 2.24) is 0 Å². The lowest BCUT2D eigenvalue weighted by Gasteiger charge is -2.31. The summed E-state index contributed by atoms with van der Waals surface area (Å²) in [6.07, 6.45) is 0. The smallest absolute Gasteiger partial charge is 0.144 e. The third-order valence-electron chi connectivity index (χ3n) is 17.8. The van der Waals surface area contributed by atoms with Crippen molar-refractivity contribution in [2.75, 3.05) is 0 Å². The molecule has 0 N–H and O–H groups in total. The van der Waals surface area contributed by atoms with Crippen molar-refractivity contribution < 1.29 is 4.42 Å². The van der Waals surface area contributed by atoms with Gasteiger partial charge in [-0.15, -0.1) is 0 Å². The number of hydrogen-bond acceptors (Lipinski definition) is 1. The predicted molar refractivity (Wildman–Crippen MR) is 326 cm³/mol. The maximum Gasteiger partial charge on any atom is 0.144 e. The predicted octanol–water partition coefficient (Wildman–Crippen LogP) is 21.1. The summed E-state index contributed by atoms with van der Waals surface area (Å²) in [4.78, 5) is 0. The van der Waals surface area contributed by atoms with Crippen LogP contribution < -0.4 is 0 Å². The molecule has 0 unspecified atom stereocenters. The summed E-state index contributed by atoms with van der Waals surface area (Å²) in [6.45, 7) is 9.88. The Labute approximate surface area is 448 Å². The van der Waals surface area contributed by atoms with Crippen LogP contribution in [0.2, 0.25) is 0 Å². The molecule has 77 heavy (non-hydrogen) atoms. The average molecular weight is 981 g/mol. The maximum atomic E-state index is 7.21. The van der Waals surface area contributed by atoms with Crippen LogP contribution >= 0.6 is 0 Å². The summed E-state index contributed by atoms with van der Waals surface area (Å²) in [6, 6.07) is 90.2. The van der Waals surface area contributed by atoms with Crippen LogP contribution in [-0.2, 0) is 10.8 Å². The summed E-state index contributed by atoms with van der Waals surface area (Å²) < 4.78 is 7.21. The topological polar surface area (TPSA) is 13.1 Å². The summed E-state index contributed by atoms with van der Waals surface area (Å²) in [5.41, 5.74) is 24.2. The van der Waals surface area contributed by atoms with Crippen molar-refractivity contribution >= 4 is 65.0 Å². The van der Waals surface area contributed by atoms with Gasteiger partial charge in [0.1, 0.15) is 11.2 Å². The van der Waals surface area contributed by atoms with E-state index in [1.54, 1.807) is 0 Å². The van der Waals surface area contributed by atoms with E-state index in [1.807, 2.05) is 0 Å². The molecule has 2 aliphatic carbocycles. The van der Waals surface area contributed by atoms with E-state index in [1.165, 1.54) is 149 Å². The highest BCUT2D eigenvalue weighted by Gasteiger charge is 2.49. The van der Waals surface area contributed by atoms with E-state index in [9.17, 15) is 0 Å². The van der Waals surface area contributed by atoms with Gasteiger partial charge in [-0.05, 0) is 162 Å². The first-order chi connectivity index (χ1) is 37.8. The van der Waals surface area contributed by atoms with Crippen molar-refractivity contribution in [3.63, 3.8) is 0 Å². The molecular weight excluding hydrogens is 929 g/mol. The third-order valence-corrected chi connectivity index (χ3v) is 17.8.